The number of hydrogen-bond acceptors (Lipinski definition) is 3. The molecule has 0 radical (unpaired) electrons. The zero-order valence-electron chi connectivity index (χ0n) is 17.4. The molecular formula is C23H30N2O3. The Labute approximate surface area is 166 Å². The molecule has 1 aromatic heterocycles. The molecule has 2 unspecified atom stereocenters. The minimum absolute atomic E-state index is 0.0868. The minimum Gasteiger partial charge on any atom is -0.493 e. The van der Waals surface area contributed by atoms with Crippen molar-refractivity contribution in [3.05, 3.63) is 40.6 Å². The van der Waals surface area contributed by atoms with E-state index in [1.807, 2.05) is 32.9 Å². The van der Waals surface area contributed by atoms with Gasteiger partial charge in [-0.3, -0.25) is 14.9 Å². The van der Waals surface area contributed by atoms with Crippen molar-refractivity contribution in [1.29, 1.82) is 0 Å². The standard InChI is InChI=1S/C21H24N2O3.C2H6/c1-4-26-16-10-6-9-15-18(16)11(2)19(22-15)14-8-5-7-13(14)17-12(3)20(24)23-21(17)25;1-2/h6,9-10,13-14,22H,4-5,7-8H2,1-3H3,(H,23,24,25);1-2H3. The number of aromatic amines is 1. The van der Waals surface area contributed by atoms with E-state index in [1.165, 1.54) is 11.3 Å². The number of rotatable bonds is 4. The van der Waals surface area contributed by atoms with Gasteiger partial charge in [0, 0.05) is 33.7 Å². The van der Waals surface area contributed by atoms with E-state index in [1.54, 1.807) is 6.92 Å². The van der Waals surface area contributed by atoms with Crippen LogP contribution in [0.15, 0.2) is 29.3 Å². The van der Waals surface area contributed by atoms with Gasteiger partial charge in [-0.05, 0) is 57.2 Å². The number of H-pyrrole nitrogens is 1. The van der Waals surface area contributed by atoms with Gasteiger partial charge in [-0.1, -0.05) is 26.3 Å². The fourth-order valence-corrected chi connectivity index (χ4v) is 4.70. The van der Waals surface area contributed by atoms with Gasteiger partial charge in [0.1, 0.15) is 5.75 Å². The maximum atomic E-state index is 12.3. The van der Waals surface area contributed by atoms with E-state index in [0.29, 0.717) is 17.8 Å². The van der Waals surface area contributed by atoms with Crippen molar-refractivity contribution in [2.75, 3.05) is 6.61 Å². The van der Waals surface area contributed by atoms with Crippen LogP contribution >= 0.6 is 0 Å². The molecule has 0 bridgehead atoms. The van der Waals surface area contributed by atoms with Crippen LogP contribution in [0.2, 0.25) is 0 Å². The van der Waals surface area contributed by atoms with Gasteiger partial charge in [0.15, 0.2) is 0 Å². The highest BCUT2D eigenvalue weighted by molar-refractivity contribution is 6.19. The number of aromatic nitrogens is 1. The smallest absolute Gasteiger partial charge is 0.254 e. The molecule has 1 aromatic carbocycles. The summed E-state index contributed by atoms with van der Waals surface area (Å²) >= 11 is 0. The molecule has 2 atom stereocenters. The van der Waals surface area contributed by atoms with Crippen LogP contribution in [0, 0.1) is 12.8 Å². The van der Waals surface area contributed by atoms with Gasteiger partial charge >= 0.3 is 0 Å². The average molecular weight is 383 g/mol. The van der Waals surface area contributed by atoms with Crippen LogP contribution in [0.1, 0.15) is 64.1 Å². The van der Waals surface area contributed by atoms with E-state index in [-0.39, 0.29) is 23.7 Å². The summed E-state index contributed by atoms with van der Waals surface area (Å²) < 4.78 is 5.81. The largest absolute Gasteiger partial charge is 0.493 e. The van der Waals surface area contributed by atoms with E-state index >= 15 is 0 Å². The van der Waals surface area contributed by atoms with Gasteiger partial charge in [0.25, 0.3) is 11.8 Å². The third kappa shape index (κ3) is 3.23. The lowest BCUT2D eigenvalue weighted by Gasteiger charge is -2.20. The van der Waals surface area contributed by atoms with Crippen molar-refractivity contribution in [1.82, 2.24) is 10.3 Å². The molecule has 150 valence electrons. The summed E-state index contributed by atoms with van der Waals surface area (Å²) in [6.45, 7) is 10.5. The number of nitrogens with one attached hydrogen (secondary N) is 2. The quantitative estimate of drug-likeness (QED) is 0.749. The molecule has 2 aliphatic rings. The molecule has 5 heteroatoms. The van der Waals surface area contributed by atoms with Crippen molar-refractivity contribution < 1.29 is 14.3 Å². The number of carbonyl (C=O) groups is 2. The maximum Gasteiger partial charge on any atom is 0.254 e. The lowest BCUT2D eigenvalue weighted by molar-refractivity contribution is -0.124. The Bertz CT molecular complexity index is 939. The number of amides is 2. The average Bonchev–Trinajstić information content (AvgIpc) is 3.35. The predicted octanol–water partition coefficient (Wildman–Crippen LogP) is 4.76. The summed E-state index contributed by atoms with van der Waals surface area (Å²) in [6, 6.07) is 6.06. The van der Waals surface area contributed by atoms with Crippen LogP contribution in [0.5, 0.6) is 5.75 Å². The molecule has 2 amide bonds. The van der Waals surface area contributed by atoms with Crippen LogP contribution in [-0.4, -0.2) is 23.4 Å². The second kappa shape index (κ2) is 8.21. The van der Waals surface area contributed by atoms with Gasteiger partial charge in [-0.15, -0.1) is 0 Å². The van der Waals surface area contributed by atoms with E-state index in [2.05, 4.69) is 23.3 Å². The molecule has 1 saturated carbocycles. The Hall–Kier alpha value is -2.56. The Morgan fingerprint density at radius 1 is 1.07 bits per heavy atom. The minimum atomic E-state index is -0.248. The van der Waals surface area contributed by atoms with Crippen molar-refractivity contribution in [2.24, 2.45) is 5.92 Å². The third-order valence-electron chi connectivity index (χ3n) is 5.85. The van der Waals surface area contributed by atoms with Crippen LogP contribution in [0.3, 0.4) is 0 Å². The number of ether oxygens (including phenoxy) is 1. The number of hydrogen-bond donors (Lipinski definition) is 2. The highest BCUT2D eigenvalue weighted by Crippen LogP contribution is 2.47. The lowest BCUT2D eigenvalue weighted by Crippen LogP contribution is -2.25. The van der Waals surface area contributed by atoms with E-state index < -0.39 is 0 Å². The normalized spacial score (nSPS) is 21.8. The van der Waals surface area contributed by atoms with Gasteiger partial charge < -0.3 is 9.72 Å². The Morgan fingerprint density at radius 3 is 2.43 bits per heavy atom. The fraction of sp³-hybridized carbons (Fsp3) is 0.478. The molecule has 1 aliphatic heterocycles. The molecule has 4 rings (SSSR count). The second-order valence-corrected chi connectivity index (χ2v) is 7.24. The van der Waals surface area contributed by atoms with E-state index in [0.717, 1.165) is 35.9 Å². The lowest BCUT2D eigenvalue weighted by atomic mass is 9.83. The first-order valence-electron chi connectivity index (χ1n) is 10.3. The molecule has 28 heavy (non-hydrogen) atoms. The topological polar surface area (TPSA) is 71.2 Å². The zero-order valence-corrected chi connectivity index (χ0v) is 17.4. The first-order valence-corrected chi connectivity index (χ1v) is 10.3. The molecular weight excluding hydrogens is 352 g/mol. The highest BCUT2D eigenvalue weighted by Gasteiger charge is 2.40. The van der Waals surface area contributed by atoms with E-state index in [9.17, 15) is 9.59 Å². The van der Waals surface area contributed by atoms with Crippen molar-refractivity contribution in [2.45, 2.75) is 59.8 Å². The number of carbonyl (C=O) groups excluding carboxylic acids is 2. The molecule has 0 saturated heterocycles. The van der Waals surface area contributed by atoms with Crippen LogP contribution in [-0.2, 0) is 9.59 Å². The summed E-state index contributed by atoms with van der Waals surface area (Å²) in [7, 11) is 0. The number of imide groups is 1. The number of benzene rings is 1. The van der Waals surface area contributed by atoms with Crippen LogP contribution in [0.25, 0.3) is 10.9 Å². The fourth-order valence-electron chi connectivity index (χ4n) is 4.70. The Morgan fingerprint density at radius 2 is 1.79 bits per heavy atom. The van der Waals surface area contributed by atoms with Gasteiger partial charge in [0.05, 0.1) is 6.61 Å². The molecule has 2 aromatic rings. The third-order valence-corrected chi connectivity index (χ3v) is 5.85. The zero-order chi connectivity index (χ0) is 20.4. The van der Waals surface area contributed by atoms with Crippen LogP contribution in [0.4, 0.5) is 0 Å². The second-order valence-electron chi connectivity index (χ2n) is 7.24. The predicted molar refractivity (Wildman–Crippen MR) is 111 cm³/mol. The summed E-state index contributed by atoms with van der Waals surface area (Å²) in [4.78, 5) is 27.8. The highest BCUT2D eigenvalue weighted by atomic mass is 16.5. The first-order chi connectivity index (χ1) is 13.5. The maximum absolute atomic E-state index is 12.3. The van der Waals surface area contributed by atoms with Crippen LogP contribution < -0.4 is 10.1 Å². The molecule has 2 heterocycles. The first kappa shape index (κ1) is 20.2. The molecule has 5 nitrogen and oxygen atoms in total. The van der Waals surface area contributed by atoms with Crippen molar-refractivity contribution in [3.63, 3.8) is 0 Å². The van der Waals surface area contributed by atoms with Gasteiger partial charge in [-0.25, -0.2) is 0 Å². The number of aryl methyl sites for hydroxylation is 1. The van der Waals surface area contributed by atoms with Gasteiger partial charge in [-0.2, -0.15) is 0 Å². The summed E-state index contributed by atoms with van der Waals surface area (Å²) in [6.07, 6.45) is 3.01. The van der Waals surface area contributed by atoms with Crippen molar-refractivity contribution in [3.8, 4) is 5.75 Å². The monoisotopic (exact) mass is 382 g/mol. The Kier molecular flexibility index (Phi) is 5.92. The summed E-state index contributed by atoms with van der Waals surface area (Å²) in [5, 5.41) is 3.57. The van der Waals surface area contributed by atoms with Crippen molar-refractivity contribution >= 4 is 22.7 Å². The SMILES string of the molecule is CC.CCOc1cccc2[nH]c(C3CCCC3C3=C(C)C(=O)NC3=O)c(C)c12. The number of fused-ring (bicyclic) bond motifs is 1. The Balaban J connectivity index is 0.00000109. The summed E-state index contributed by atoms with van der Waals surface area (Å²) in [5.41, 5.74) is 4.68. The molecule has 1 fully saturated rings. The summed E-state index contributed by atoms with van der Waals surface area (Å²) in [5.74, 6) is 0.738. The van der Waals surface area contributed by atoms with Gasteiger partial charge in [0.2, 0.25) is 0 Å². The van der Waals surface area contributed by atoms with E-state index in [4.69, 9.17) is 4.74 Å². The molecule has 1 aliphatic carbocycles. The molecule has 0 spiro atoms. The molecule has 2 N–H and O–H groups in total.